The minimum Gasteiger partial charge on any atom is -0.465 e. The Kier molecular flexibility index (Phi) is 3.81. The SMILES string of the molecule is CCOC(=O)CNc1nc(N)nc(-n2cncn2)n1. The molecule has 0 saturated heterocycles. The maximum atomic E-state index is 11.2. The highest BCUT2D eigenvalue weighted by Gasteiger charge is 2.08. The third kappa shape index (κ3) is 3.34. The van der Waals surface area contributed by atoms with Crippen LogP contribution in [-0.4, -0.2) is 48.8 Å². The number of carbonyl (C=O) groups excluding carboxylic acids is 1. The molecule has 10 heteroatoms. The number of nitrogens with zero attached hydrogens (tertiary/aromatic N) is 6. The maximum absolute atomic E-state index is 11.2. The Labute approximate surface area is 108 Å². The molecule has 19 heavy (non-hydrogen) atoms. The van der Waals surface area contributed by atoms with Gasteiger partial charge in [0.1, 0.15) is 19.2 Å². The lowest BCUT2D eigenvalue weighted by Crippen LogP contribution is -2.19. The second kappa shape index (κ2) is 5.71. The summed E-state index contributed by atoms with van der Waals surface area (Å²) in [4.78, 5) is 26.8. The zero-order valence-corrected chi connectivity index (χ0v) is 10.1. The Morgan fingerprint density at radius 1 is 1.47 bits per heavy atom. The van der Waals surface area contributed by atoms with Gasteiger partial charge in [0.15, 0.2) is 0 Å². The molecule has 0 aliphatic heterocycles. The van der Waals surface area contributed by atoms with Gasteiger partial charge < -0.3 is 15.8 Å². The van der Waals surface area contributed by atoms with Crippen molar-refractivity contribution in [1.29, 1.82) is 0 Å². The highest BCUT2D eigenvalue weighted by atomic mass is 16.5. The summed E-state index contributed by atoms with van der Waals surface area (Å²) < 4.78 is 6.09. The van der Waals surface area contributed by atoms with E-state index in [4.69, 9.17) is 10.5 Å². The van der Waals surface area contributed by atoms with Crippen LogP contribution in [0.4, 0.5) is 11.9 Å². The van der Waals surface area contributed by atoms with Crippen molar-refractivity contribution in [3.8, 4) is 5.95 Å². The zero-order valence-electron chi connectivity index (χ0n) is 10.1. The molecule has 3 N–H and O–H groups in total. The van der Waals surface area contributed by atoms with Gasteiger partial charge in [0, 0.05) is 0 Å². The summed E-state index contributed by atoms with van der Waals surface area (Å²) in [5.41, 5.74) is 5.55. The molecule has 2 aromatic heterocycles. The molecule has 0 spiro atoms. The first-order chi connectivity index (χ1) is 9.19. The van der Waals surface area contributed by atoms with E-state index in [-0.39, 0.29) is 24.4 Å². The number of rotatable bonds is 5. The molecule has 10 nitrogen and oxygen atoms in total. The van der Waals surface area contributed by atoms with Gasteiger partial charge in [0.25, 0.3) is 5.95 Å². The quantitative estimate of drug-likeness (QED) is 0.652. The van der Waals surface area contributed by atoms with E-state index < -0.39 is 5.97 Å². The topological polar surface area (TPSA) is 134 Å². The molecule has 0 aliphatic rings. The fourth-order valence-corrected chi connectivity index (χ4v) is 1.24. The van der Waals surface area contributed by atoms with Crippen molar-refractivity contribution in [2.45, 2.75) is 6.92 Å². The molecule has 0 aromatic carbocycles. The number of carbonyl (C=O) groups is 1. The second-order valence-electron chi connectivity index (χ2n) is 3.32. The number of aromatic nitrogens is 6. The van der Waals surface area contributed by atoms with Crippen molar-refractivity contribution >= 4 is 17.9 Å². The van der Waals surface area contributed by atoms with Gasteiger partial charge in [-0.15, -0.1) is 0 Å². The number of nitrogens with two attached hydrogens (primary N) is 1. The van der Waals surface area contributed by atoms with Crippen molar-refractivity contribution in [3.63, 3.8) is 0 Å². The Bertz CT molecular complexity index is 555. The van der Waals surface area contributed by atoms with E-state index in [1.54, 1.807) is 6.92 Å². The lowest BCUT2D eigenvalue weighted by atomic mass is 10.6. The molecule has 2 rings (SSSR count). The van der Waals surface area contributed by atoms with Crippen LogP contribution in [0.25, 0.3) is 5.95 Å². The van der Waals surface area contributed by atoms with Crippen LogP contribution in [0.1, 0.15) is 6.92 Å². The Balaban J connectivity index is 2.11. The Morgan fingerprint density at radius 3 is 3.00 bits per heavy atom. The molecular formula is C9H12N8O2. The lowest BCUT2D eigenvalue weighted by molar-refractivity contribution is -0.140. The molecule has 0 radical (unpaired) electrons. The van der Waals surface area contributed by atoms with Crippen LogP contribution in [0.5, 0.6) is 0 Å². The monoisotopic (exact) mass is 264 g/mol. The predicted molar refractivity (Wildman–Crippen MR) is 64.3 cm³/mol. The van der Waals surface area contributed by atoms with Gasteiger partial charge in [0.2, 0.25) is 11.9 Å². The first-order valence-corrected chi connectivity index (χ1v) is 5.45. The van der Waals surface area contributed by atoms with Crippen LogP contribution in [0, 0.1) is 0 Å². The number of nitrogens with one attached hydrogen (secondary N) is 1. The standard InChI is InChI=1S/C9H12N8O2/c1-2-19-6(18)3-12-8-14-7(10)15-9(16-8)17-5-11-4-13-17/h4-5H,2-3H2,1H3,(H3,10,12,14,15,16). The molecule has 0 fully saturated rings. The number of esters is 1. The molecule has 100 valence electrons. The highest BCUT2D eigenvalue weighted by molar-refractivity contribution is 5.74. The third-order valence-corrected chi connectivity index (χ3v) is 1.96. The number of anilines is 2. The van der Waals surface area contributed by atoms with Crippen LogP contribution < -0.4 is 11.1 Å². The van der Waals surface area contributed by atoms with E-state index in [0.29, 0.717) is 6.61 Å². The van der Waals surface area contributed by atoms with Crippen LogP contribution >= 0.6 is 0 Å². The van der Waals surface area contributed by atoms with Crippen molar-refractivity contribution in [1.82, 2.24) is 29.7 Å². The largest absolute Gasteiger partial charge is 0.465 e. The summed E-state index contributed by atoms with van der Waals surface area (Å²) in [7, 11) is 0. The fourth-order valence-electron chi connectivity index (χ4n) is 1.24. The van der Waals surface area contributed by atoms with Gasteiger partial charge in [-0.2, -0.15) is 24.7 Å². The third-order valence-electron chi connectivity index (χ3n) is 1.96. The van der Waals surface area contributed by atoms with Gasteiger partial charge >= 0.3 is 5.97 Å². The van der Waals surface area contributed by atoms with Crippen LogP contribution in [0.15, 0.2) is 12.7 Å². The van der Waals surface area contributed by atoms with E-state index in [2.05, 4.69) is 30.4 Å². The molecule has 2 heterocycles. The van der Waals surface area contributed by atoms with E-state index in [1.807, 2.05) is 0 Å². The van der Waals surface area contributed by atoms with Gasteiger partial charge in [-0.3, -0.25) is 4.79 Å². The molecule has 0 atom stereocenters. The van der Waals surface area contributed by atoms with Crippen molar-refractivity contribution in [3.05, 3.63) is 12.7 Å². The van der Waals surface area contributed by atoms with E-state index in [1.165, 1.54) is 17.3 Å². The first-order valence-electron chi connectivity index (χ1n) is 5.45. The average molecular weight is 264 g/mol. The molecule has 0 bridgehead atoms. The zero-order chi connectivity index (χ0) is 13.7. The van der Waals surface area contributed by atoms with Crippen LogP contribution in [0.3, 0.4) is 0 Å². The molecule has 2 aromatic rings. The minimum atomic E-state index is -0.413. The van der Waals surface area contributed by atoms with E-state index in [0.717, 1.165) is 0 Å². The normalized spacial score (nSPS) is 10.2. The smallest absolute Gasteiger partial charge is 0.325 e. The summed E-state index contributed by atoms with van der Waals surface area (Å²) >= 11 is 0. The second-order valence-corrected chi connectivity index (χ2v) is 3.32. The molecule has 0 aliphatic carbocycles. The Hall–Kier alpha value is -2.78. The fraction of sp³-hybridized carbons (Fsp3) is 0.333. The van der Waals surface area contributed by atoms with Gasteiger partial charge in [-0.05, 0) is 6.92 Å². The minimum absolute atomic E-state index is 0.00635. The summed E-state index contributed by atoms with van der Waals surface area (Å²) in [6, 6.07) is 0. The van der Waals surface area contributed by atoms with Gasteiger partial charge in [0.05, 0.1) is 6.61 Å². The van der Waals surface area contributed by atoms with Gasteiger partial charge in [-0.1, -0.05) is 0 Å². The van der Waals surface area contributed by atoms with Crippen molar-refractivity contribution in [2.24, 2.45) is 0 Å². The Morgan fingerprint density at radius 2 is 2.32 bits per heavy atom. The molecule has 0 amide bonds. The molecule has 0 unspecified atom stereocenters. The van der Waals surface area contributed by atoms with E-state index >= 15 is 0 Å². The van der Waals surface area contributed by atoms with Crippen LogP contribution in [0.2, 0.25) is 0 Å². The van der Waals surface area contributed by atoms with Crippen molar-refractivity contribution < 1.29 is 9.53 Å². The molecular weight excluding hydrogens is 252 g/mol. The number of ether oxygens (including phenoxy) is 1. The highest BCUT2D eigenvalue weighted by Crippen LogP contribution is 2.05. The summed E-state index contributed by atoms with van der Waals surface area (Å²) in [6.45, 7) is 1.97. The maximum Gasteiger partial charge on any atom is 0.325 e. The summed E-state index contributed by atoms with van der Waals surface area (Å²) in [6.07, 6.45) is 2.76. The number of nitrogen functional groups attached to an aromatic ring is 1. The number of hydrogen-bond donors (Lipinski definition) is 2. The summed E-state index contributed by atoms with van der Waals surface area (Å²) in [5.74, 6) is -0.0435. The van der Waals surface area contributed by atoms with Crippen molar-refractivity contribution in [2.75, 3.05) is 24.2 Å². The summed E-state index contributed by atoms with van der Waals surface area (Å²) in [5, 5.41) is 6.57. The lowest BCUT2D eigenvalue weighted by Gasteiger charge is -2.06. The van der Waals surface area contributed by atoms with Gasteiger partial charge in [-0.25, -0.2) is 4.98 Å². The van der Waals surface area contributed by atoms with Crippen LogP contribution in [-0.2, 0) is 9.53 Å². The average Bonchev–Trinajstić information content (AvgIpc) is 2.90. The predicted octanol–water partition coefficient (Wildman–Crippen LogP) is -0.990. The first kappa shape index (κ1) is 12.7. The molecule has 0 saturated carbocycles. The number of hydrogen-bond acceptors (Lipinski definition) is 9. The van der Waals surface area contributed by atoms with E-state index in [9.17, 15) is 4.79 Å².